The number of furan rings is 1. The number of benzene rings is 1. The van der Waals surface area contributed by atoms with Gasteiger partial charge in [-0.15, -0.1) is 0 Å². The Morgan fingerprint density at radius 3 is 2.69 bits per heavy atom. The fourth-order valence-electron chi connectivity index (χ4n) is 3.21. The fourth-order valence-corrected chi connectivity index (χ4v) is 3.21. The Bertz CT molecular complexity index is 980. The third-order valence-electron chi connectivity index (χ3n) is 4.53. The van der Waals surface area contributed by atoms with Crippen molar-refractivity contribution >= 4 is 22.7 Å². The largest absolute Gasteiger partial charge is 0.508 e. The minimum Gasteiger partial charge on any atom is -0.508 e. The summed E-state index contributed by atoms with van der Waals surface area (Å²) in [6.07, 6.45) is 1.46. The molecule has 0 atom stereocenters. The number of carbonyl (C=O) groups is 2. The Morgan fingerprint density at radius 2 is 2.00 bits per heavy atom. The van der Waals surface area contributed by atoms with Gasteiger partial charge in [0.15, 0.2) is 6.61 Å². The molecule has 136 valence electrons. The van der Waals surface area contributed by atoms with Crippen LogP contribution in [0.2, 0.25) is 0 Å². The van der Waals surface area contributed by atoms with Gasteiger partial charge < -0.3 is 18.8 Å². The predicted octanol–water partition coefficient (Wildman–Crippen LogP) is 3.55. The summed E-state index contributed by atoms with van der Waals surface area (Å²) in [5, 5.41) is 10.2. The fraction of sp³-hybridized carbons (Fsp3) is 0.300. The number of ether oxygens (including phenoxy) is 1. The van der Waals surface area contributed by atoms with Gasteiger partial charge in [0, 0.05) is 40.5 Å². The Labute approximate surface area is 151 Å². The highest BCUT2D eigenvalue weighted by molar-refractivity contribution is 5.99. The predicted molar refractivity (Wildman–Crippen MR) is 96.5 cm³/mol. The van der Waals surface area contributed by atoms with E-state index in [4.69, 9.17) is 9.15 Å². The monoisotopic (exact) mass is 355 g/mol. The van der Waals surface area contributed by atoms with Crippen LogP contribution >= 0.6 is 0 Å². The summed E-state index contributed by atoms with van der Waals surface area (Å²) in [5.41, 5.74) is 3.62. The first-order chi connectivity index (χ1) is 12.4. The molecule has 0 saturated heterocycles. The molecule has 0 aliphatic heterocycles. The van der Waals surface area contributed by atoms with Crippen LogP contribution in [0.4, 0.5) is 0 Å². The molecule has 0 unspecified atom stereocenters. The Kier molecular flexibility index (Phi) is 4.84. The zero-order chi connectivity index (χ0) is 18.8. The Morgan fingerprint density at radius 1 is 1.23 bits per heavy atom. The van der Waals surface area contributed by atoms with Crippen LogP contribution in [-0.4, -0.2) is 28.0 Å². The highest BCUT2D eigenvalue weighted by Crippen LogP contribution is 2.25. The van der Waals surface area contributed by atoms with E-state index in [1.165, 1.54) is 18.4 Å². The molecule has 1 N–H and O–H groups in total. The lowest BCUT2D eigenvalue weighted by atomic mass is 10.1. The van der Waals surface area contributed by atoms with Crippen LogP contribution in [0.25, 0.3) is 11.0 Å². The number of aryl methyl sites for hydroxylation is 1. The number of aromatic hydroxyl groups is 1. The number of phenols is 1. The number of rotatable bonds is 6. The van der Waals surface area contributed by atoms with Gasteiger partial charge in [0.2, 0.25) is 5.78 Å². The molecule has 0 amide bonds. The molecule has 0 bridgehead atoms. The maximum Gasteiger partial charge on any atom is 0.310 e. The average molecular weight is 355 g/mol. The zero-order valence-corrected chi connectivity index (χ0v) is 15.0. The number of Topliss-reactive ketones (excluding diaryl/α,β-unsaturated/α-hetero) is 1. The molecule has 2 heterocycles. The minimum absolute atomic E-state index is 0.000955. The molecular formula is C20H21NO5. The van der Waals surface area contributed by atoms with Crippen LogP contribution < -0.4 is 0 Å². The second-order valence-electron chi connectivity index (χ2n) is 6.23. The van der Waals surface area contributed by atoms with Crippen molar-refractivity contribution in [3.05, 3.63) is 53.0 Å². The van der Waals surface area contributed by atoms with Crippen molar-refractivity contribution in [2.45, 2.75) is 33.7 Å². The van der Waals surface area contributed by atoms with Crippen LogP contribution in [0, 0.1) is 13.8 Å². The first-order valence-electron chi connectivity index (χ1n) is 8.45. The molecule has 1 aromatic carbocycles. The molecule has 0 aliphatic carbocycles. The van der Waals surface area contributed by atoms with E-state index in [0.717, 1.165) is 23.3 Å². The van der Waals surface area contributed by atoms with E-state index in [1.54, 1.807) is 6.07 Å². The molecule has 0 spiro atoms. The third kappa shape index (κ3) is 3.35. The van der Waals surface area contributed by atoms with E-state index < -0.39 is 5.97 Å². The molecule has 2 aromatic heterocycles. The van der Waals surface area contributed by atoms with Gasteiger partial charge in [0.1, 0.15) is 11.3 Å². The smallest absolute Gasteiger partial charge is 0.310 e. The van der Waals surface area contributed by atoms with E-state index in [1.807, 2.05) is 31.4 Å². The highest BCUT2D eigenvalue weighted by Gasteiger charge is 2.18. The summed E-state index contributed by atoms with van der Waals surface area (Å²) >= 11 is 0. The van der Waals surface area contributed by atoms with Crippen LogP contribution in [-0.2, 0) is 22.5 Å². The van der Waals surface area contributed by atoms with Crippen molar-refractivity contribution in [2.24, 2.45) is 0 Å². The molecule has 6 nitrogen and oxygen atoms in total. The number of hydrogen-bond acceptors (Lipinski definition) is 5. The summed E-state index contributed by atoms with van der Waals surface area (Å²) in [7, 11) is 0. The van der Waals surface area contributed by atoms with Gasteiger partial charge in [-0.05, 0) is 39.0 Å². The van der Waals surface area contributed by atoms with Crippen molar-refractivity contribution in [3.8, 4) is 5.75 Å². The van der Waals surface area contributed by atoms with Gasteiger partial charge in [-0.3, -0.25) is 9.59 Å². The van der Waals surface area contributed by atoms with E-state index in [-0.39, 0.29) is 24.6 Å². The van der Waals surface area contributed by atoms with Gasteiger partial charge in [0.25, 0.3) is 0 Å². The standard InChI is InChI=1S/C20H21NO5/c1-4-21-12(2)7-17(13(21)3)18(23)11-26-20(24)8-14-10-25-19-9-15(22)5-6-16(14)19/h5-7,9-10,22H,4,8,11H2,1-3H3. The molecule has 6 heteroatoms. The minimum atomic E-state index is -0.501. The summed E-state index contributed by atoms with van der Waals surface area (Å²) in [6.45, 7) is 6.35. The van der Waals surface area contributed by atoms with Crippen molar-refractivity contribution in [2.75, 3.05) is 6.61 Å². The number of aromatic nitrogens is 1. The maximum absolute atomic E-state index is 12.4. The molecule has 3 rings (SSSR count). The number of fused-ring (bicyclic) bond motifs is 1. The van der Waals surface area contributed by atoms with E-state index in [9.17, 15) is 14.7 Å². The zero-order valence-electron chi connectivity index (χ0n) is 15.0. The van der Waals surface area contributed by atoms with Crippen molar-refractivity contribution in [3.63, 3.8) is 0 Å². The number of esters is 1. The van der Waals surface area contributed by atoms with Crippen molar-refractivity contribution in [1.82, 2.24) is 4.57 Å². The molecular weight excluding hydrogens is 334 g/mol. The number of carbonyl (C=O) groups excluding carboxylic acids is 2. The summed E-state index contributed by atoms with van der Waals surface area (Å²) in [6, 6.07) is 6.52. The summed E-state index contributed by atoms with van der Waals surface area (Å²) in [5.74, 6) is -0.622. The van der Waals surface area contributed by atoms with Gasteiger partial charge in [-0.1, -0.05) is 0 Å². The first-order valence-corrected chi connectivity index (χ1v) is 8.45. The molecule has 26 heavy (non-hydrogen) atoms. The molecule has 0 fully saturated rings. The highest BCUT2D eigenvalue weighted by atomic mass is 16.5. The molecule has 0 saturated carbocycles. The van der Waals surface area contributed by atoms with Crippen molar-refractivity contribution in [1.29, 1.82) is 0 Å². The third-order valence-corrected chi connectivity index (χ3v) is 4.53. The van der Waals surface area contributed by atoms with Crippen molar-refractivity contribution < 1.29 is 23.8 Å². The Balaban J connectivity index is 1.64. The van der Waals surface area contributed by atoms with Crippen LogP contribution in [0.5, 0.6) is 5.75 Å². The lowest BCUT2D eigenvalue weighted by Crippen LogP contribution is -2.16. The van der Waals surface area contributed by atoms with E-state index >= 15 is 0 Å². The molecule has 0 aliphatic rings. The quantitative estimate of drug-likeness (QED) is 0.540. The lowest BCUT2D eigenvalue weighted by Gasteiger charge is -2.06. The van der Waals surface area contributed by atoms with Gasteiger partial charge in [-0.25, -0.2) is 0 Å². The lowest BCUT2D eigenvalue weighted by molar-refractivity contribution is -0.141. The second kappa shape index (κ2) is 7.07. The average Bonchev–Trinajstić information content (AvgIpc) is 3.12. The summed E-state index contributed by atoms with van der Waals surface area (Å²) < 4.78 is 12.5. The normalized spacial score (nSPS) is 11.0. The summed E-state index contributed by atoms with van der Waals surface area (Å²) in [4.78, 5) is 24.5. The topological polar surface area (TPSA) is 81.7 Å². The van der Waals surface area contributed by atoms with E-state index in [0.29, 0.717) is 16.7 Å². The van der Waals surface area contributed by atoms with Gasteiger partial charge >= 0.3 is 5.97 Å². The number of phenolic OH excluding ortho intramolecular Hbond substituents is 1. The number of nitrogens with zero attached hydrogens (tertiary/aromatic N) is 1. The van der Waals surface area contributed by atoms with E-state index in [2.05, 4.69) is 0 Å². The van der Waals surface area contributed by atoms with Crippen LogP contribution in [0.15, 0.2) is 34.9 Å². The van der Waals surface area contributed by atoms with Gasteiger partial charge in [0.05, 0.1) is 12.7 Å². The van der Waals surface area contributed by atoms with Crippen LogP contribution in [0.1, 0.15) is 34.2 Å². The molecule has 3 aromatic rings. The van der Waals surface area contributed by atoms with Crippen LogP contribution in [0.3, 0.4) is 0 Å². The van der Waals surface area contributed by atoms with Gasteiger partial charge in [-0.2, -0.15) is 0 Å². The first kappa shape index (κ1) is 17.8. The second-order valence-corrected chi connectivity index (χ2v) is 6.23. The maximum atomic E-state index is 12.4. The number of ketones is 1. The SMILES string of the molecule is CCn1c(C)cc(C(=O)COC(=O)Cc2coc3cc(O)ccc23)c1C. The number of hydrogen-bond donors (Lipinski definition) is 1. The Hall–Kier alpha value is -3.02. The molecule has 0 radical (unpaired) electrons.